The van der Waals surface area contributed by atoms with Crippen LogP contribution in [0.15, 0.2) is 36.4 Å². The Labute approximate surface area is 142 Å². The Bertz CT molecular complexity index is 646. The number of para-hydroxylation sites is 1. The Morgan fingerprint density at radius 2 is 2.00 bits per heavy atom. The predicted octanol–water partition coefficient (Wildman–Crippen LogP) is 4.24. The number of aliphatic hydroxyl groups is 1. The van der Waals surface area contributed by atoms with Gasteiger partial charge in [0.2, 0.25) is 0 Å². The molecule has 0 saturated heterocycles. The molecule has 0 heterocycles. The van der Waals surface area contributed by atoms with Crippen LogP contribution in [0.5, 0.6) is 11.5 Å². The van der Waals surface area contributed by atoms with Crippen LogP contribution >= 0.6 is 11.6 Å². The van der Waals surface area contributed by atoms with Gasteiger partial charge in [0, 0.05) is 17.8 Å². The number of anilines is 1. The quantitative estimate of drug-likeness (QED) is 0.757. The summed E-state index contributed by atoms with van der Waals surface area (Å²) in [5.41, 5.74) is 2.73. The first-order valence-corrected chi connectivity index (χ1v) is 7.99. The van der Waals surface area contributed by atoms with Crippen LogP contribution < -0.4 is 14.8 Å². The molecule has 0 unspecified atom stereocenters. The zero-order valence-corrected chi connectivity index (χ0v) is 14.2. The molecule has 2 aromatic carbocycles. The van der Waals surface area contributed by atoms with Crippen molar-refractivity contribution in [1.29, 1.82) is 0 Å². The number of methoxy groups -OCH3 is 1. The van der Waals surface area contributed by atoms with E-state index < -0.39 is 0 Å². The molecule has 0 fully saturated rings. The molecule has 0 spiro atoms. The lowest BCUT2D eigenvalue weighted by Gasteiger charge is -2.15. The third kappa shape index (κ3) is 4.53. The highest BCUT2D eigenvalue weighted by Gasteiger charge is 2.12. The lowest BCUT2D eigenvalue weighted by molar-refractivity contribution is 0.282. The van der Waals surface area contributed by atoms with Crippen LogP contribution in [-0.4, -0.2) is 18.8 Å². The second kappa shape index (κ2) is 8.65. The summed E-state index contributed by atoms with van der Waals surface area (Å²) < 4.78 is 11.0. The van der Waals surface area contributed by atoms with E-state index in [-0.39, 0.29) is 6.61 Å². The van der Waals surface area contributed by atoms with Crippen LogP contribution in [0.3, 0.4) is 0 Å². The summed E-state index contributed by atoms with van der Waals surface area (Å²) in [5, 5.41) is 13.2. The van der Waals surface area contributed by atoms with Crippen LogP contribution in [0.25, 0.3) is 0 Å². The second-order valence-electron chi connectivity index (χ2n) is 5.13. The smallest absolute Gasteiger partial charge is 0.179 e. The normalized spacial score (nSPS) is 10.4. The summed E-state index contributed by atoms with van der Waals surface area (Å²) in [7, 11) is 1.60. The van der Waals surface area contributed by atoms with Crippen molar-refractivity contribution in [2.75, 3.05) is 19.0 Å². The molecule has 0 bridgehead atoms. The van der Waals surface area contributed by atoms with Crippen molar-refractivity contribution < 1.29 is 14.6 Å². The van der Waals surface area contributed by atoms with Crippen LogP contribution in [0, 0.1) is 0 Å². The first kappa shape index (κ1) is 17.4. The van der Waals surface area contributed by atoms with Gasteiger partial charge in [0.15, 0.2) is 11.5 Å². The first-order chi connectivity index (χ1) is 11.2. The zero-order chi connectivity index (χ0) is 16.7. The minimum Gasteiger partial charge on any atom is -0.493 e. The van der Waals surface area contributed by atoms with Crippen molar-refractivity contribution in [3.63, 3.8) is 0 Å². The molecule has 4 nitrogen and oxygen atoms in total. The first-order valence-electron chi connectivity index (χ1n) is 7.61. The standard InChI is InChI=1S/C18H22ClNO3/c1-3-8-23-18-15(19)9-13(10-17(18)22-2)11-20-16-7-5-4-6-14(16)12-21/h4-7,9-10,20-21H,3,8,11-12H2,1-2H3. The van der Waals surface area contributed by atoms with E-state index >= 15 is 0 Å². The van der Waals surface area contributed by atoms with Crippen molar-refractivity contribution in [1.82, 2.24) is 0 Å². The number of hydrogen-bond acceptors (Lipinski definition) is 4. The highest BCUT2D eigenvalue weighted by molar-refractivity contribution is 6.32. The van der Waals surface area contributed by atoms with Crippen molar-refractivity contribution >= 4 is 17.3 Å². The number of aliphatic hydroxyl groups excluding tert-OH is 1. The van der Waals surface area contributed by atoms with Crippen LogP contribution in [-0.2, 0) is 13.2 Å². The molecule has 0 saturated carbocycles. The maximum atomic E-state index is 9.36. The molecular weight excluding hydrogens is 314 g/mol. The molecule has 2 aromatic rings. The number of ether oxygens (including phenoxy) is 2. The number of halogens is 1. The van der Waals surface area contributed by atoms with Crippen LogP contribution in [0.1, 0.15) is 24.5 Å². The van der Waals surface area contributed by atoms with Crippen molar-refractivity contribution in [2.45, 2.75) is 26.5 Å². The summed E-state index contributed by atoms with van der Waals surface area (Å²) in [6.45, 7) is 3.20. The van der Waals surface area contributed by atoms with E-state index in [1.807, 2.05) is 43.3 Å². The summed E-state index contributed by atoms with van der Waals surface area (Å²) in [5.74, 6) is 1.20. The molecule has 0 aromatic heterocycles. The summed E-state index contributed by atoms with van der Waals surface area (Å²) in [6, 6.07) is 11.4. The summed E-state index contributed by atoms with van der Waals surface area (Å²) >= 11 is 6.32. The molecule has 2 rings (SSSR count). The monoisotopic (exact) mass is 335 g/mol. The second-order valence-corrected chi connectivity index (χ2v) is 5.53. The number of nitrogens with one attached hydrogen (secondary N) is 1. The number of hydrogen-bond donors (Lipinski definition) is 2. The minimum absolute atomic E-state index is 0.00293. The maximum Gasteiger partial charge on any atom is 0.179 e. The molecule has 0 atom stereocenters. The highest BCUT2D eigenvalue weighted by atomic mass is 35.5. The maximum absolute atomic E-state index is 9.36. The van der Waals surface area contributed by atoms with Gasteiger partial charge >= 0.3 is 0 Å². The van der Waals surface area contributed by atoms with E-state index in [2.05, 4.69) is 5.32 Å². The van der Waals surface area contributed by atoms with Gasteiger partial charge in [-0.3, -0.25) is 0 Å². The molecule has 124 valence electrons. The molecule has 2 N–H and O–H groups in total. The Morgan fingerprint density at radius 3 is 2.70 bits per heavy atom. The van der Waals surface area contributed by atoms with Crippen LogP contribution in [0.4, 0.5) is 5.69 Å². The number of rotatable bonds is 8. The Balaban J connectivity index is 2.15. The average Bonchev–Trinajstić information content (AvgIpc) is 2.58. The molecule has 0 aliphatic heterocycles. The van der Waals surface area contributed by atoms with Crippen LogP contribution in [0.2, 0.25) is 5.02 Å². The van der Waals surface area contributed by atoms with E-state index in [1.165, 1.54) is 0 Å². The Morgan fingerprint density at radius 1 is 1.22 bits per heavy atom. The topological polar surface area (TPSA) is 50.7 Å². The van der Waals surface area contributed by atoms with Gasteiger partial charge in [0.05, 0.1) is 25.3 Å². The fourth-order valence-electron chi connectivity index (χ4n) is 2.25. The lowest BCUT2D eigenvalue weighted by atomic mass is 10.1. The highest BCUT2D eigenvalue weighted by Crippen LogP contribution is 2.36. The van der Waals surface area contributed by atoms with Gasteiger partial charge in [-0.05, 0) is 30.2 Å². The van der Waals surface area contributed by atoms with Gasteiger partial charge in [-0.25, -0.2) is 0 Å². The average molecular weight is 336 g/mol. The van der Waals surface area contributed by atoms with Crippen molar-refractivity contribution in [3.05, 3.63) is 52.5 Å². The molecule has 0 aliphatic rings. The minimum atomic E-state index is -0.00293. The van der Waals surface area contributed by atoms with Crippen molar-refractivity contribution in [3.8, 4) is 11.5 Å². The predicted molar refractivity (Wildman–Crippen MR) is 93.5 cm³/mol. The SMILES string of the molecule is CCCOc1c(Cl)cc(CNc2ccccc2CO)cc1OC. The lowest BCUT2D eigenvalue weighted by Crippen LogP contribution is -2.04. The summed E-state index contributed by atoms with van der Waals surface area (Å²) in [4.78, 5) is 0. The van der Waals surface area contributed by atoms with Gasteiger partial charge in [-0.1, -0.05) is 36.7 Å². The molecule has 5 heteroatoms. The van der Waals surface area contributed by atoms with E-state index in [0.717, 1.165) is 23.2 Å². The molecule has 0 radical (unpaired) electrons. The Kier molecular flexibility index (Phi) is 6.56. The molecule has 23 heavy (non-hydrogen) atoms. The van der Waals surface area contributed by atoms with Gasteiger partial charge in [-0.2, -0.15) is 0 Å². The molecule has 0 aliphatic carbocycles. The fourth-order valence-corrected chi connectivity index (χ4v) is 2.54. The van der Waals surface area contributed by atoms with E-state index in [0.29, 0.717) is 29.7 Å². The van der Waals surface area contributed by atoms with E-state index in [9.17, 15) is 5.11 Å². The van der Waals surface area contributed by atoms with Gasteiger partial charge in [0.1, 0.15) is 0 Å². The number of benzene rings is 2. The molecular formula is C18H22ClNO3. The Hall–Kier alpha value is -1.91. The van der Waals surface area contributed by atoms with E-state index in [1.54, 1.807) is 7.11 Å². The third-order valence-corrected chi connectivity index (χ3v) is 3.69. The van der Waals surface area contributed by atoms with Crippen molar-refractivity contribution in [2.24, 2.45) is 0 Å². The van der Waals surface area contributed by atoms with Gasteiger partial charge < -0.3 is 19.9 Å². The molecule has 0 amide bonds. The van der Waals surface area contributed by atoms with Gasteiger partial charge in [0.25, 0.3) is 0 Å². The third-order valence-electron chi connectivity index (χ3n) is 3.41. The fraction of sp³-hybridized carbons (Fsp3) is 0.333. The van der Waals surface area contributed by atoms with E-state index in [4.69, 9.17) is 21.1 Å². The largest absolute Gasteiger partial charge is 0.493 e. The summed E-state index contributed by atoms with van der Waals surface area (Å²) in [6.07, 6.45) is 0.904. The zero-order valence-electron chi connectivity index (χ0n) is 13.4. The van der Waals surface area contributed by atoms with Gasteiger partial charge in [-0.15, -0.1) is 0 Å².